The number of carbonyl (C=O) groups is 1. The second-order valence-corrected chi connectivity index (χ2v) is 6.48. The molecule has 4 nitrogen and oxygen atoms in total. The average molecular weight is 374 g/mol. The van der Waals surface area contributed by atoms with Gasteiger partial charge < -0.3 is 4.74 Å². The van der Waals surface area contributed by atoms with Crippen LogP contribution in [0.2, 0.25) is 5.02 Å². The Morgan fingerprint density at radius 3 is 2.42 bits per heavy atom. The fourth-order valence-electron chi connectivity index (χ4n) is 2.98. The summed E-state index contributed by atoms with van der Waals surface area (Å²) in [4.78, 5) is 11.8. The van der Waals surface area contributed by atoms with E-state index in [1.807, 2.05) is 55.5 Å². The summed E-state index contributed by atoms with van der Waals surface area (Å²) in [6.45, 7) is 6.15. The molecule has 26 heavy (non-hydrogen) atoms. The molecule has 138 valence electrons. The Balaban J connectivity index is 2.34. The Morgan fingerprint density at radius 2 is 1.88 bits per heavy atom. The molecule has 2 rings (SSSR count). The van der Waals surface area contributed by atoms with E-state index in [1.54, 1.807) is 11.6 Å². The third-order valence-electron chi connectivity index (χ3n) is 4.31. The summed E-state index contributed by atoms with van der Waals surface area (Å²) < 4.78 is 5.87. The third kappa shape index (κ3) is 5.70. The lowest BCUT2D eigenvalue weighted by molar-refractivity contribution is -0.132. The largest absolute Gasteiger partial charge is 0.377 e. The van der Waals surface area contributed by atoms with Gasteiger partial charge in [0.15, 0.2) is 0 Å². The van der Waals surface area contributed by atoms with Crippen LogP contribution >= 0.6 is 11.6 Å². The van der Waals surface area contributed by atoms with Gasteiger partial charge in [-0.05, 0) is 42.2 Å². The Kier molecular flexibility index (Phi) is 7.85. The van der Waals surface area contributed by atoms with Crippen LogP contribution in [0.3, 0.4) is 0 Å². The molecule has 0 aliphatic rings. The van der Waals surface area contributed by atoms with Crippen molar-refractivity contribution in [2.45, 2.75) is 31.8 Å². The molecule has 0 saturated carbocycles. The van der Waals surface area contributed by atoms with Crippen LogP contribution in [0, 0.1) is 0 Å². The molecule has 0 aromatic heterocycles. The van der Waals surface area contributed by atoms with Crippen molar-refractivity contribution in [2.75, 3.05) is 6.61 Å². The lowest BCUT2D eigenvalue weighted by Gasteiger charge is -2.27. The van der Waals surface area contributed by atoms with E-state index in [0.29, 0.717) is 18.1 Å². The van der Waals surface area contributed by atoms with E-state index in [2.05, 4.69) is 6.58 Å². The Labute approximate surface area is 159 Å². The van der Waals surface area contributed by atoms with Crippen LogP contribution in [-0.2, 0) is 16.0 Å². The summed E-state index contributed by atoms with van der Waals surface area (Å²) >= 11 is 5.98. The molecule has 0 bridgehead atoms. The van der Waals surface area contributed by atoms with Crippen molar-refractivity contribution in [2.24, 2.45) is 0 Å². The summed E-state index contributed by atoms with van der Waals surface area (Å²) in [5.74, 6) is -0.514. The van der Waals surface area contributed by atoms with Crippen molar-refractivity contribution in [3.05, 3.63) is 76.8 Å². The zero-order valence-corrected chi connectivity index (χ0v) is 15.6. The smallest absolute Gasteiger partial charge is 0.245 e. The molecule has 0 radical (unpaired) electrons. The minimum atomic E-state index is -0.465. The number of hydroxylamine groups is 1. The highest BCUT2D eigenvalue weighted by Crippen LogP contribution is 2.29. The standard InChI is InChI=1S/C21H24ClNO3/c1-3-15-5-9-17(10-6-15)19(13-16-7-11-18(22)12-8-16)20(26-4-2)14-21(24)23-25/h3,5-12,19-20,25H,1,4,13-14H2,2H3,(H,23,24)/t19-,20-/m1/s1. The maximum atomic E-state index is 11.8. The number of amides is 1. The second-order valence-electron chi connectivity index (χ2n) is 6.04. The monoisotopic (exact) mass is 373 g/mol. The third-order valence-corrected chi connectivity index (χ3v) is 4.56. The summed E-state index contributed by atoms with van der Waals surface area (Å²) in [6.07, 6.45) is 2.19. The number of nitrogens with one attached hydrogen (secondary N) is 1. The first-order valence-electron chi connectivity index (χ1n) is 8.58. The average Bonchev–Trinajstić information content (AvgIpc) is 2.67. The molecular weight excluding hydrogens is 350 g/mol. The summed E-state index contributed by atoms with van der Waals surface area (Å²) in [6, 6.07) is 15.7. The van der Waals surface area contributed by atoms with Crippen molar-refractivity contribution < 1.29 is 14.7 Å². The van der Waals surface area contributed by atoms with E-state index in [1.165, 1.54) is 0 Å². The molecule has 0 spiro atoms. The minimum absolute atomic E-state index is 0.0488. The molecular formula is C21H24ClNO3. The molecule has 0 saturated heterocycles. The fraction of sp³-hybridized carbons (Fsp3) is 0.286. The van der Waals surface area contributed by atoms with Gasteiger partial charge in [-0.15, -0.1) is 0 Å². The summed E-state index contributed by atoms with van der Waals surface area (Å²) in [5.41, 5.74) is 4.89. The van der Waals surface area contributed by atoms with Gasteiger partial charge in [0, 0.05) is 17.5 Å². The van der Waals surface area contributed by atoms with Gasteiger partial charge in [-0.2, -0.15) is 0 Å². The first-order valence-corrected chi connectivity index (χ1v) is 8.96. The van der Waals surface area contributed by atoms with Crippen LogP contribution in [0.15, 0.2) is 55.1 Å². The number of rotatable bonds is 9. The van der Waals surface area contributed by atoms with Crippen LogP contribution < -0.4 is 5.48 Å². The van der Waals surface area contributed by atoms with E-state index in [4.69, 9.17) is 21.5 Å². The normalized spacial score (nSPS) is 13.0. The fourth-order valence-corrected chi connectivity index (χ4v) is 3.10. The molecule has 2 aromatic carbocycles. The van der Waals surface area contributed by atoms with Gasteiger partial charge in [0.1, 0.15) is 0 Å². The molecule has 0 unspecified atom stereocenters. The SMILES string of the molecule is C=Cc1ccc([C@@H](Cc2ccc(Cl)cc2)[C@@H](CC(=O)NO)OCC)cc1. The predicted octanol–water partition coefficient (Wildman–Crippen LogP) is 4.61. The molecule has 1 amide bonds. The zero-order chi connectivity index (χ0) is 18.9. The summed E-state index contributed by atoms with van der Waals surface area (Å²) in [7, 11) is 0. The number of ether oxygens (including phenoxy) is 1. The molecule has 2 atom stereocenters. The van der Waals surface area contributed by atoms with Gasteiger partial charge in [-0.25, -0.2) is 5.48 Å². The van der Waals surface area contributed by atoms with Gasteiger partial charge in [0.2, 0.25) is 5.91 Å². The quantitative estimate of drug-likeness (QED) is 0.498. The van der Waals surface area contributed by atoms with Gasteiger partial charge in [0.05, 0.1) is 12.5 Å². The predicted molar refractivity (Wildman–Crippen MR) is 104 cm³/mol. The van der Waals surface area contributed by atoms with Crippen molar-refractivity contribution in [3.8, 4) is 0 Å². The maximum Gasteiger partial charge on any atom is 0.245 e. The van der Waals surface area contributed by atoms with E-state index >= 15 is 0 Å². The van der Waals surface area contributed by atoms with Crippen LogP contribution in [-0.4, -0.2) is 23.8 Å². The van der Waals surface area contributed by atoms with Crippen molar-refractivity contribution in [3.63, 3.8) is 0 Å². The Bertz CT molecular complexity index is 713. The van der Waals surface area contributed by atoms with Crippen LogP contribution in [0.5, 0.6) is 0 Å². The van der Waals surface area contributed by atoms with E-state index < -0.39 is 5.91 Å². The lowest BCUT2D eigenvalue weighted by atomic mass is 9.85. The van der Waals surface area contributed by atoms with Gasteiger partial charge in [-0.1, -0.05) is 60.7 Å². The number of hydrogen-bond donors (Lipinski definition) is 2. The van der Waals surface area contributed by atoms with Crippen LogP contribution in [0.25, 0.3) is 6.08 Å². The highest BCUT2D eigenvalue weighted by Gasteiger charge is 2.26. The molecule has 0 aliphatic heterocycles. The van der Waals surface area contributed by atoms with Crippen molar-refractivity contribution in [1.82, 2.24) is 5.48 Å². The minimum Gasteiger partial charge on any atom is -0.377 e. The first kappa shape index (κ1) is 20.2. The lowest BCUT2D eigenvalue weighted by Crippen LogP contribution is -2.31. The first-order chi connectivity index (χ1) is 12.6. The van der Waals surface area contributed by atoms with Crippen molar-refractivity contribution in [1.29, 1.82) is 0 Å². The molecule has 0 fully saturated rings. The van der Waals surface area contributed by atoms with E-state index in [0.717, 1.165) is 16.7 Å². The Morgan fingerprint density at radius 1 is 1.23 bits per heavy atom. The summed E-state index contributed by atoms with van der Waals surface area (Å²) in [5, 5.41) is 9.59. The topological polar surface area (TPSA) is 58.6 Å². The molecule has 2 aromatic rings. The second kappa shape index (κ2) is 10.1. The molecule has 0 heterocycles. The molecule has 2 N–H and O–H groups in total. The van der Waals surface area contributed by atoms with Gasteiger partial charge >= 0.3 is 0 Å². The van der Waals surface area contributed by atoms with Crippen molar-refractivity contribution >= 4 is 23.6 Å². The van der Waals surface area contributed by atoms with Gasteiger partial charge in [-0.3, -0.25) is 10.0 Å². The number of carbonyl (C=O) groups excluding carboxylic acids is 1. The number of halogens is 1. The van der Waals surface area contributed by atoms with E-state index in [9.17, 15) is 4.79 Å². The van der Waals surface area contributed by atoms with Gasteiger partial charge in [0.25, 0.3) is 0 Å². The number of benzene rings is 2. The maximum absolute atomic E-state index is 11.8. The molecule has 5 heteroatoms. The number of hydrogen-bond acceptors (Lipinski definition) is 3. The zero-order valence-electron chi connectivity index (χ0n) is 14.8. The Hall–Kier alpha value is -2.14. The van der Waals surface area contributed by atoms with E-state index in [-0.39, 0.29) is 18.4 Å². The van der Waals surface area contributed by atoms with Crippen LogP contribution in [0.4, 0.5) is 0 Å². The highest BCUT2D eigenvalue weighted by molar-refractivity contribution is 6.30. The highest BCUT2D eigenvalue weighted by atomic mass is 35.5. The molecule has 0 aliphatic carbocycles. The van der Waals surface area contributed by atoms with Crippen LogP contribution in [0.1, 0.15) is 36.0 Å².